The molecule has 2 nitrogen and oxygen atoms in total. The van der Waals surface area contributed by atoms with Crippen molar-refractivity contribution in [3.8, 4) is 0 Å². The van der Waals surface area contributed by atoms with Gasteiger partial charge in [0.2, 0.25) is 0 Å². The number of ketones is 1. The monoisotopic (exact) mass is 178 g/mol. The summed E-state index contributed by atoms with van der Waals surface area (Å²) in [5.41, 5.74) is 1.80. The van der Waals surface area contributed by atoms with Gasteiger partial charge in [0.05, 0.1) is 0 Å². The zero-order valence-corrected chi connectivity index (χ0v) is 7.95. The normalized spacial score (nSPS) is 12.5. The van der Waals surface area contributed by atoms with Crippen LogP contribution in [0.4, 0.5) is 0 Å². The number of aryl methyl sites for hydroxylation is 1. The predicted molar refractivity (Wildman–Crippen MR) is 51.4 cm³/mol. The van der Waals surface area contributed by atoms with E-state index in [1.165, 1.54) is 0 Å². The third-order valence-corrected chi connectivity index (χ3v) is 2.05. The maximum absolute atomic E-state index is 11.1. The first-order valence-corrected chi connectivity index (χ1v) is 4.42. The minimum Gasteiger partial charge on any atom is -0.381 e. The second-order valence-corrected chi connectivity index (χ2v) is 3.13. The van der Waals surface area contributed by atoms with E-state index < -0.39 is 6.10 Å². The first kappa shape index (κ1) is 9.93. The number of carbonyl (C=O) groups is 1. The number of benzene rings is 1. The second kappa shape index (κ2) is 4.19. The average molecular weight is 178 g/mol. The van der Waals surface area contributed by atoms with Crippen LogP contribution in [-0.2, 0) is 4.79 Å². The molecule has 70 valence electrons. The lowest BCUT2D eigenvalue weighted by Gasteiger charge is -2.08. The lowest BCUT2D eigenvalue weighted by atomic mass is 10.0. The molecule has 13 heavy (non-hydrogen) atoms. The summed E-state index contributed by atoms with van der Waals surface area (Å²) in [7, 11) is 0. The van der Waals surface area contributed by atoms with Gasteiger partial charge in [-0.15, -0.1) is 0 Å². The molecule has 0 heterocycles. The number of hydrogen-bond acceptors (Lipinski definition) is 2. The van der Waals surface area contributed by atoms with Crippen LogP contribution in [0.2, 0.25) is 0 Å². The smallest absolute Gasteiger partial charge is 0.165 e. The number of rotatable bonds is 3. The third-order valence-electron chi connectivity index (χ3n) is 2.05. The quantitative estimate of drug-likeness (QED) is 0.768. The van der Waals surface area contributed by atoms with Crippen LogP contribution in [0.15, 0.2) is 24.3 Å². The van der Waals surface area contributed by atoms with E-state index in [4.69, 9.17) is 0 Å². The number of aliphatic hydroxyl groups is 1. The Morgan fingerprint density at radius 3 is 2.38 bits per heavy atom. The first-order valence-electron chi connectivity index (χ1n) is 4.42. The van der Waals surface area contributed by atoms with Crippen molar-refractivity contribution in [1.82, 2.24) is 0 Å². The summed E-state index contributed by atoms with van der Waals surface area (Å²) in [6, 6.07) is 7.35. The maximum Gasteiger partial charge on any atom is 0.165 e. The molecule has 0 amide bonds. The van der Waals surface area contributed by atoms with Crippen molar-refractivity contribution in [2.24, 2.45) is 0 Å². The summed E-state index contributed by atoms with van der Waals surface area (Å²) in [6.07, 6.45) is -0.583. The van der Waals surface area contributed by atoms with E-state index in [1.807, 2.05) is 19.1 Å². The molecule has 2 heteroatoms. The van der Waals surface area contributed by atoms with Gasteiger partial charge in [0.1, 0.15) is 6.10 Å². The second-order valence-electron chi connectivity index (χ2n) is 3.13. The molecule has 0 saturated heterocycles. The molecule has 1 aromatic carbocycles. The summed E-state index contributed by atoms with van der Waals surface area (Å²) in [6.45, 7) is 3.72. The zero-order chi connectivity index (χ0) is 9.84. The predicted octanol–water partition coefficient (Wildman–Crippen LogP) is 2.01. The van der Waals surface area contributed by atoms with E-state index in [2.05, 4.69) is 0 Å². The topological polar surface area (TPSA) is 37.3 Å². The molecule has 1 unspecified atom stereocenters. The van der Waals surface area contributed by atoms with Crippen LogP contribution < -0.4 is 0 Å². The van der Waals surface area contributed by atoms with Crippen LogP contribution in [0.25, 0.3) is 0 Å². The highest BCUT2D eigenvalue weighted by Gasteiger charge is 2.14. The Balaban J connectivity index is 2.83. The molecule has 0 aromatic heterocycles. The zero-order valence-electron chi connectivity index (χ0n) is 7.95. The van der Waals surface area contributed by atoms with Crippen molar-refractivity contribution in [2.45, 2.75) is 26.4 Å². The largest absolute Gasteiger partial charge is 0.381 e. The molecule has 1 N–H and O–H groups in total. The highest BCUT2D eigenvalue weighted by molar-refractivity contribution is 5.83. The van der Waals surface area contributed by atoms with Crippen molar-refractivity contribution in [3.05, 3.63) is 35.4 Å². The molecule has 0 fully saturated rings. The lowest BCUT2D eigenvalue weighted by Crippen LogP contribution is -2.10. The van der Waals surface area contributed by atoms with E-state index in [1.54, 1.807) is 19.1 Å². The molecule has 0 bridgehead atoms. The highest BCUT2D eigenvalue weighted by Crippen LogP contribution is 2.15. The van der Waals surface area contributed by atoms with Gasteiger partial charge >= 0.3 is 0 Å². The Morgan fingerprint density at radius 2 is 1.92 bits per heavy atom. The van der Waals surface area contributed by atoms with Crippen molar-refractivity contribution >= 4 is 5.78 Å². The molecule has 0 aliphatic rings. The molecular formula is C11H14O2. The minimum atomic E-state index is -0.953. The van der Waals surface area contributed by atoms with Gasteiger partial charge in [-0.25, -0.2) is 0 Å². The van der Waals surface area contributed by atoms with Crippen molar-refractivity contribution < 1.29 is 9.90 Å². The lowest BCUT2D eigenvalue weighted by molar-refractivity contribution is -0.127. The molecule has 0 saturated carbocycles. The summed E-state index contributed by atoms with van der Waals surface area (Å²) in [4.78, 5) is 11.1. The van der Waals surface area contributed by atoms with Crippen LogP contribution in [0.3, 0.4) is 0 Å². The Bertz CT molecular complexity index is 287. The SMILES string of the molecule is CCC(=O)C(O)c1ccc(C)cc1. The van der Waals surface area contributed by atoms with Crippen LogP contribution in [0.1, 0.15) is 30.6 Å². The van der Waals surface area contributed by atoms with E-state index in [9.17, 15) is 9.90 Å². The molecule has 0 spiro atoms. The third kappa shape index (κ3) is 2.39. The minimum absolute atomic E-state index is 0.135. The van der Waals surface area contributed by atoms with Gasteiger partial charge in [0.15, 0.2) is 5.78 Å². The van der Waals surface area contributed by atoms with E-state index in [0.717, 1.165) is 5.56 Å². The van der Waals surface area contributed by atoms with Crippen molar-refractivity contribution in [3.63, 3.8) is 0 Å². The highest BCUT2D eigenvalue weighted by atomic mass is 16.3. The van der Waals surface area contributed by atoms with Crippen molar-refractivity contribution in [1.29, 1.82) is 0 Å². The Labute approximate surface area is 78.2 Å². The summed E-state index contributed by atoms with van der Waals surface area (Å²) in [5.74, 6) is -0.135. The fourth-order valence-corrected chi connectivity index (χ4v) is 1.13. The van der Waals surface area contributed by atoms with Gasteiger partial charge in [-0.3, -0.25) is 4.79 Å². The van der Waals surface area contributed by atoms with E-state index in [0.29, 0.717) is 12.0 Å². The molecule has 0 aliphatic heterocycles. The van der Waals surface area contributed by atoms with Gasteiger partial charge in [0, 0.05) is 6.42 Å². The van der Waals surface area contributed by atoms with Crippen LogP contribution in [0.5, 0.6) is 0 Å². The van der Waals surface area contributed by atoms with Gasteiger partial charge in [-0.1, -0.05) is 36.8 Å². The number of aliphatic hydroxyl groups excluding tert-OH is 1. The van der Waals surface area contributed by atoms with E-state index >= 15 is 0 Å². The number of hydrogen-bond donors (Lipinski definition) is 1. The summed E-state index contributed by atoms with van der Waals surface area (Å²) >= 11 is 0. The van der Waals surface area contributed by atoms with Crippen LogP contribution in [-0.4, -0.2) is 10.9 Å². The molecular weight excluding hydrogens is 164 g/mol. The Kier molecular flexibility index (Phi) is 3.20. The van der Waals surface area contributed by atoms with Gasteiger partial charge in [-0.2, -0.15) is 0 Å². The fourth-order valence-electron chi connectivity index (χ4n) is 1.13. The fraction of sp³-hybridized carbons (Fsp3) is 0.364. The molecule has 1 atom stereocenters. The average Bonchev–Trinajstić information content (AvgIpc) is 2.17. The van der Waals surface area contributed by atoms with Gasteiger partial charge < -0.3 is 5.11 Å². The molecule has 0 aliphatic carbocycles. The number of Topliss-reactive ketones (excluding diaryl/α,β-unsaturated/α-hetero) is 1. The Morgan fingerprint density at radius 1 is 1.38 bits per heavy atom. The van der Waals surface area contributed by atoms with Crippen LogP contribution >= 0.6 is 0 Å². The Hall–Kier alpha value is -1.15. The van der Waals surface area contributed by atoms with Gasteiger partial charge in [-0.05, 0) is 12.5 Å². The number of carbonyl (C=O) groups excluding carboxylic acids is 1. The molecule has 1 aromatic rings. The van der Waals surface area contributed by atoms with Crippen molar-refractivity contribution in [2.75, 3.05) is 0 Å². The maximum atomic E-state index is 11.1. The summed E-state index contributed by atoms with van der Waals surface area (Å²) < 4.78 is 0. The molecule has 1 rings (SSSR count). The molecule has 0 radical (unpaired) electrons. The van der Waals surface area contributed by atoms with E-state index in [-0.39, 0.29) is 5.78 Å². The van der Waals surface area contributed by atoms with Crippen LogP contribution in [0, 0.1) is 6.92 Å². The first-order chi connectivity index (χ1) is 6.15. The van der Waals surface area contributed by atoms with Gasteiger partial charge in [0.25, 0.3) is 0 Å². The summed E-state index contributed by atoms with van der Waals surface area (Å²) in [5, 5.41) is 9.53. The standard InChI is InChI=1S/C11H14O2/c1-3-10(12)11(13)9-6-4-8(2)5-7-9/h4-7,11,13H,3H2,1-2H3.